The van der Waals surface area contributed by atoms with Gasteiger partial charge in [0.15, 0.2) is 12.6 Å². The van der Waals surface area contributed by atoms with Crippen LogP contribution in [0.25, 0.3) is 0 Å². The van der Waals surface area contributed by atoms with E-state index in [0.717, 1.165) is 0 Å². The van der Waals surface area contributed by atoms with Gasteiger partial charge in [-0.15, -0.1) is 0 Å². The average molecular weight is 342 g/mol. The Balaban J connectivity index is 2.11. The molecular formula is C12H22O11. The van der Waals surface area contributed by atoms with Crippen molar-refractivity contribution in [2.45, 2.75) is 61.4 Å². The van der Waals surface area contributed by atoms with Crippen molar-refractivity contribution in [3.8, 4) is 0 Å². The molecule has 2 heterocycles. The van der Waals surface area contributed by atoms with Gasteiger partial charge in [-0.1, -0.05) is 0 Å². The molecule has 10 atom stereocenters. The molecule has 0 radical (unpaired) electrons. The number of hydrogen-bond acceptors (Lipinski definition) is 11. The normalized spacial score (nSPS) is 51.7. The summed E-state index contributed by atoms with van der Waals surface area (Å²) in [5.41, 5.74) is 0. The molecule has 11 heteroatoms. The van der Waals surface area contributed by atoms with E-state index in [0.29, 0.717) is 0 Å². The molecule has 23 heavy (non-hydrogen) atoms. The maximum Gasteiger partial charge on any atom is 0.187 e. The van der Waals surface area contributed by atoms with Gasteiger partial charge in [0.05, 0.1) is 13.2 Å². The fraction of sp³-hybridized carbons (Fsp3) is 1.00. The van der Waals surface area contributed by atoms with Gasteiger partial charge in [0.1, 0.15) is 48.8 Å². The summed E-state index contributed by atoms with van der Waals surface area (Å²) in [6.07, 6.45) is -15.7. The molecule has 0 amide bonds. The van der Waals surface area contributed by atoms with Crippen LogP contribution in [0.1, 0.15) is 0 Å². The van der Waals surface area contributed by atoms with Gasteiger partial charge in [0.2, 0.25) is 0 Å². The highest BCUT2D eigenvalue weighted by molar-refractivity contribution is 4.93. The minimum Gasteiger partial charge on any atom is -0.394 e. The first-order chi connectivity index (χ1) is 10.8. The molecular weight excluding hydrogens is 320 g/mol. The van der Waals surface area contributed by atoms with Crippen molar-refractivity contribution in [2.75, 3.05) is 13.2 Å². The molecule has 0 bridgehead atoms. The summed E-state index contributed by atoms with van der Waals surface area (Å²) in [5, 5.41) is 76.8. The van der Waals surface area contributed by atoms with E-state index in [-0.39, 0.29) is 0 Å². The number of ether oxygens (including phenoxy) is 3. The first kappa shape index (κ1) is 18.9. The predicted octanol–water partition coefficient (Wildman–Crippen LogP) is -5.40. The standard InChI is InChI=1S/C12H22O11/c13-1-3-5(15)7(17)8(18)12(22-3)23-10-6(16)4(2-14)21-11(20)9(10)19/h3-20H,1-2H2/t3?,4-,5-,6-,7?,8-,9?,10?,11+,12+/m0/s1. The number of aliphatic hydroxyl groups is 8. The second-order valence-electron chi connectivity index (χ2n) is 5.53. The van der Waals surface area contributed by atoms with Gasteiger partial charge in [-0.2, -0.15) is 0 Å². The summed E-state index contributed by atoms with van der Waals surface area (Å²) >= 11 is 0. The fourth-order valence-corrected chi connectivity index (χ4v) is 2.56. The highest BCUT2D eigenvalue weighted by Gasteiger charge is 2.50. The van der Waals surface area contributed by atoms with Gasteiger partial charge in [0.25, 0.3) is 0 Å². The zero-order valence-corrected chi connectivity index (χ0v) is 12.0. The van der Waals surface area contributed by atoms with Crippen LogP contribution < -0.4 is 0 Å². The van der Waals surface area contributed by atoms with E-state index in [2.05, 4.69) is 0 Å². The highest BCUT2D eigenvalue weighted by atomic mass is 16.7. The molecule has 8 N–H and O–H groups in total. The third-order valence-electron chi connectivity index (χ3n) is 3.98. The zero-order valence-electron chi connectivity index (χ0n) is 12.0. The number of rotatable bonds is 4. The molecule has 0 aliphatic carbocycles. The Morgan fingerprint density at radius 2 is 1.22 bits per heavy atom. The SMILES string of the molecule is OCC1O[C@H](OC2C(O)[C@H](O)O[C@@H](CO)[C@@H]2O)[C@@H](O)C(O)[C@H]1O. The van der Waals surface area contributed by atoms with Crippen molar-refractivity contribution < 1.29 is 55.1 Å². The van der Waals surface area contributed by atoms with E-state index in [1.54, 1.807) is 0 Å². The monoisotopic (exact) mass is 342 g/mol. The summed E-state index contributed by atoms with van der Waals surface area (Å²) in [5.74, 6) is 0. The van der Waals surface area contributed by atoms with E-state index in [1.807, 2.05) is 0 Å². The Bertz CT molecular complexity index is 380. The van der Waals surface area contributed by atoms with Gasteiger partial charge in [-0.3, -0.25) is 0 Å². The van der Waals surface area contributed by atoms with Crippen molar-refractivity contribution >= 4 is 0 Å². The molecule has 2 rings (SSSR count). The molecule has 0 saturated carbocycles. The third-order valence-corrected chi connectivity index (χ3v) is 3.98. The van der Waals surface area contributed by atoms with Crippen LogP contribution >= 0.6 is 0 Å². The van der Waals surface area contributed by atoms with E-state index in [1.165, 1.54) is 0 Å². The van der Waals surface area contributed by atoms with Crippen molar-refractivity contribution in [3.05, 3.63) is 0 Å². The van der Waals surface area contributed by atoms with Crippen molar-refractivity contribution in [2.24, 2.45) is 0 Å². The van der Waals surface area contributed by atoms with Gasteiger partial charge in [-0.25, -0.2) is 0 Å². The maximum atomic E-state index is 10.00. The molecule has 0 aromatic carbocycles. The topological polar surface area (TPSA) is 190 Å². The second-order valence-corrected chi connectivity index (χ2v) is 5.53. The molecule has 4 unspecified atom stereocenters. The molecule has 0 aromatic rings. The lowest BCUT2D eigenvalue weighted by atomic mass is 9.97. The van der Waals surface area contributed by atoms with Gasteiger partial charge in [-0.05, 0) is 0 Å². The summed E-state index contributed by atoms with van der Waals surface area (Å²) in [6, 6.07) is 0. The first-order valence-electron chi connectivity index (χ1n) is 7.08. The Morgan fingerprint density at radius 3 is 1.78 bits per heavy atom. The summed E-state index contributed by atoms with van der Waals surface area (Å²) in [7, 11) is 0. The zero-order chi connectivity index (χ0) is 17.3. The fourth-order valence-electron chi connectivity index (χ4n) is 2.56. The third kappa shape index (κ3) is 3.65. The van der Waals surface area contributed by atoms with E-state index >= 15 is 0 Å². The second kappa shape index (κ2) is 7.63. The molecule has 136 valence electrons. The van der Waals surface area contributed by atoms with E-state index in [9.17, 15) is 30.6 Å². The number of hydrogen-bond donors (Lipinski definition) is 8. The van der Waals surface area contributed by atoms with E-state index in [4.69, 9.17) is 24.4 Å². The van der Waals surface area contributed by atoms with Gasteiger partial charge in [0, 0.05) is 0 Å². The van der Waals surface area contributed by atoms with Crippen LogP contribution in [0.4, 0.5) is 0 Å². The summed E-state index contributed by atoms with van der Waals surface area (Å²) in [6.45, 7) is -1.34. The summed E-state index contributed by atoms with van der Waals surface area (Å²) < 4.78 is 15.1. The first-order valence-corrected chi connectivity index (χ1v) is 7.08. The van der Waals surface area contributed by atoms with Crippen LogP contribution in [0.2, 0.25) is 0 Å². The quantitative estimate of drug-likeness (QED) is 0.243. The molecule has 2 fully saturated rings. The highest BCUT2D eigenvalue weighted by Crippen LogP contribution is 2.28. The minimum absolute atomic E-state index is 0.667. The van der Waals surface area contributed by atoms with Gasteiger partial charge >= 0.3 is 0 Å². The molecule has 2 saturated heterocycles. The lowest BCUT2D eigenvalue weighted by Crippen LogP contribution is -2.64. The minimum atomic E-state index is -1.76. The Labute approximate surface area is 130 Å². The lowest BCUT2D eigenvalue weighted by molar-refractivity contribution is -0.355. The number of aliphatic hydroxyl groups excluding tert-OH is 8. The Kier molecular flexibility index (Phi) is 6.27. The lowest BCUT2D eigenvalue weighted by Gasteiger charge is -2.45. The van der Waals surface area contributed by atoms with Crippen LogP contribution in [0.3, 0.4) is 0 Å². The Morgan fingerprint density at radius 1 is 0.652 bits per heavy atom. The summed E-state index contributed by atoms with van der Waals surface area (Å²) in [4.78, 5) is 0. The van der Waals surface area contributed by atoms with Crippen LogP contribution in [-0.4, -0.2) is 115 Å². The van der Waals surface area contributed by atoms with Crippen molar-refractivity contribution in [1.82, 2.24) is 0 Å². The molecule has 0 aromatic heterocycles. The molecule has 11 nitrogen and oxygen atoms in total. The molecule has 2 aliphatic rings. The average Bonchev–Trinajstić information content (AvgIpc) is 2.54. The van der Waals surface area contributed by atoms with Crippen LogP contribution in [-0.2, 0) is 14.2 Å². The largest absolute Gasteiger partial charge is 0.394 e. The Hall–Kier alpha value is -0.440. The maximum absolute atomic E-state index is 10.00. The van der Waals surface area contributed by atoms with Gasteiger partial charge < -0.3 is 55.1 Å². The van der Waals surface area contributed by atoms with Crippen LogP contribution in [0.15, 0.2) is 0 Å². The molecule has 0 spiro atoms. The predicted molar refractivity (Wildman–Crippen MR) is 68.6 cm³/mol. The van der Waals surface area contributed by atoms with E-state index < -0.39 is 74.6 Å². The van der Waals surface area contributed by atoms with Crippen LogP contribution in [0.5, 0.6) is 0 Å². The van der Waals surface area contributed by atoms with Crippen molar-refractivity contribution in [1.29, 1.82) is 0 Å². The van der Waals surface area contributed by atoms with Crippen molar-refractivity contribution in [3.63, 3.8) is 0 Å². The van der Waals surface area contributed by atoms with Crippen LogP contribution in [0, 0.1) is 0 Å². The molecule has 2 aliphatic heterocycles. The smallest absolute Gasteiger partial charge is 0.187 e.